The monoisotopic (exact) mass is 516 g/mol. The molecule has 0 unspecified atom stereocenters. The van der Waals surface area contributed by atoms with Gasteiger partial charge in [0.2, 0.25) is 0 Å². The molecule has 1 N–H and O–H groups in total. The number of benzene rings is 1. The number of likely N-dealkylation sites (tertiary alicyclic amines) is 1. The molecule has 0 radical (unpaired) electrons. The van der Waals surface area contributed by atoms with Crippen molar-refractivity contribution < 1.29 is 18.7 Å². The molecule has 1 saturated heterocycles. The molecular formula is C22H25BrN6O4. The molecule has 1 aliphatic rings. The Morgan fingerprint density at radius 2 is 2.15 bits per heavy atom. The first-order valence-electron chi connectivity index (χ1n) is 10.5. The molecule has 0 spiro atoms. The molecule has 1 fully saturated rings. The van der Waals surface area contributed by atoms with Crippen LogP contribution in [0.1, 0.15) is 37.9 Å². The van der Waals surface area contributed by atoms with Gasteiger partial charge in [-0.05, 0) is 39.3 Å². The van der Waals surface area contributed by atoms with E-state index in [4.69, 9.17) is 9.15 Å². The quantitative estimate of drug-likeness (QED) is 0.551. The van der Waals surface area contributed by atoms with Gasteiger partial charge in [-0.1, -0.05) is 33.3 Å². The summed E-state index contributed by atoms with van der Waals surface area (Å²) in [7, 11) is 0. The van der Waals surface area contributed by atoms with Crippen molar-refractivity contribution in [3.05, 3.63) is 53.2 Å². The van der Waals surface area contributed by atoms with Crippen molar-refractivity contribution in [3.8, 4) is 11.3 Å². The lowest BCUT2D eigenvalue weighted by atomic mass is 10.1. The number of amides is 2. The molecule has 2 atom stereocenters. The van der Waals surface area contributed by atoms with Gasteiger partial charge < -0.3 is 19.4 Å². The maximum absolute atomic E-state index is 12.8. The number of hydrogen-bond donors (Lipinski definition) is 1. The number of halogens is 1. The number of nitrogens with one attached hydrogen (secondary N) is 1. The van der Waals surface area contributed by atoms with E-state index in [-0.39, 0.29) is 18.0 Å². The second kappa shape index (κ2) is 9.34. The van der Waals surface area contributed by atoms with Crippen LogP contribution in [0.4, 0.5) is 4.79 Å². The van der Waals surface area contributed by atoms with Gasteiger partial charge in [0.05, 0.1) is 25.0 Å². The van der Waals surface area contributed by atoms with E-state index in [1.54, 1.807) is 22.0 Å². The number of aromatic nitrogens is 4. The van der Waals surface area contributed by atoms with Gasteiger partial charge in [0, 0.05) is 28.8 Å². The number of oxazole rings is 1. The lowest BCUT2D eigenvalue weighted by Gasteiger charge is -2.28. The lowest BCUT2D eigenvalue weighted by Crippen LogP contribution is -2.43. The topological polar surface area (TPSA) is 115 Å². The summed E-state index contributed by atoms with van der Waals surface area (Å²) in [5.41, 5.74) is 0.178. The second-order valence-corrected chi connectivity index (χ2v) is 9.77. The first-order chi connectivity index (χ1) is 15.7. The van der Waals surface area contributed by atoms with Crippen LogP contribution < -0.4 is 5.32 Å². The van der Waals surface area contributed by atoms with Gasteiger partial charge in [0.25, 0.3) is 5.89 Å². The summed E-state index contributed by atoms with van der Waals surface area (Å²) in [6, 6.07) is 7.03. The molecule has 0 bridgehead atoms. The molecule has 3 aromatic rings. The third-order valence-corrected chi connectivity index (χ3v) is 5.55. The zero-order chi connectivity index (χ0) is 23.6. The Balaban J connectivity index is 1.45. The summed E-state index contributed by atoms with van der Waals surface area (Å²) in [5.74, 6) is 0.0209. The van der Waals surface area contributed by atoms with Crippen molar-refractivity contribution >= 4 is 27.9 Å². The van der Waals surface area contributed by atoms with Crippen LogP contribution in [0.2, 0.25) is 0 Å². The van der Waals surface area contributed by atoms with Crippen molar-refractivity contribution in [1.29, 1.82) is 0 Å². The number of carbonyl (C=O) groups excluding carboxylic acids is 2. The van der Waals surface area contributed by atoms with E-state index in [0.717, 1.165) is 10.0 Å². The van der Waals surface area contributed by atoms with Crippen LogP contribution >= 0.6 is 15.9 Å². The number of ether oxygens (including phenoxy) is 1. The smallest absolute Gasteiger partial charge is 0.410 e. The zero-order valence-corrected chi connectivity index (χ0v) is 20.2. The maximum Gasteiger partial charge on any atom is 0.410 e. The van der Waals surface area contributed by atoms with E-state index in [0.29, 0.717) is 25.3 Å². The molecule has 0 saturated carbocycles. The Kier molecular flexibility index (Phi) is 6.50. The molecule has 174 valence electrons. The predicted octanol–water partition coefficient (Wildman–Crippen LogP) is 3.50. The molecule has 33 heavy (non-hydrogen) atoms. The molecule has 1 aliphatic heterocycles. The molecule has 3 heterocycles. The van der Waals surface area contributed by atoms with E-state index in [9.17, 15) is 9.59 Å². The van der Waals surface area contributed by atoms with Crippen LogP contribution in [-0.2, 0) is 11.3 Å². The van der Waals surface area contributed by atoms with E-state index in [1.807, 2.05) is 45.0 Å². The first-order valence-corrected chi connectivity index (χ1v) is 11.3. The summed E-state index contributed by atoms with van der Waals surface area (Å²) in [6.07, 6.45) is 4.93. The highest BCUT2D eigenvalue weighted by molar-refractivity contribution is 9.10. The minimum Gasteiger partial charge on any atom is -0.444 e. The fourth-order valence-corrected chi connectivity index (χ4v) is 4.09. The summed E-state index contributed by atoms with van der Waals surface area (Å²) >= 11 is 3.42. The van der Waals surface area contributed by atoms with Crippen molar-refractivity contribution in [1.82, 2.24) is 30.2 Å². The Morgan fingerprint density at radius 3 is 2.85 bits per heavy atom. The van der Waals surface area contributed by atoms with Gasteiger partial charge in [-0.2, -0.15) is 0 Å². The Labute approximate surface area is 199 Å². The molecule has 0 aliphatic carbocycles. The van der Waals surface area contributed by atoms with E-state index in [1.165, 1.54) is 6.20 Å². The summed E-state index contributed by atoms with van der Waals surface area (Å²) in [5, 5.41) is 10.7. The third-order valence-electron chi connectivity index (χ3n) is 5.06. The summed E-state index contributed by atoms with van der Waals surface area (Å²) in [6.45, 7) is 6.20. The Morgan fingerprint density at radius 1 is 1.33 bits per heavy atom. The van der Waals surface area contributed by atoms with E-state index >= 15 is 0 Å². The van der Waals surface area contributed by atoms with Gasteiger partial charge in [-0.25, -0.2) is 9.78 Å². The summed E-state index contributed by atoms with van der Waals surface area (Å²) in [4.78, 5) is 31.4. The average Bonchev–Trinajstić information content (AvgIpc) is 3.48. The molecule has 4 rings (SSSR count). The van der Waals surface area contributed by atoms with Crippen LogP contribution in [0.3, 0.4) is 0 Å². The number of carbonyl (C=O) groups is 2. The largest absolute Gasteiger partial charge is 0.444 e. The highest BCUT2D eigenvalue weighted by Crippen LogP contribution is 2.25. The fraction of sp³-hybridized carbons (Fsp3) is 0.409. The average molecular weight is 517 g/mol. The number of nitrogens with zero attached hydrogens (tertiary/aromatic N) is 5. The van der Waals surface area contributed by atoms with Crippen LogP contribution in [0.5, 0.6) is 0 Å². The SMILES string of the molecule is CC(C)(C)OC(=O)N1C[C@H](NC(=O)c2ncc(-c3cccc(Br)c3)o2)C[C@H]1Cn1ccnn1. The van der Waals surface area contributed by atoms with Crippen LogP contribution in [0.15, 0.2) is 51.7 Å². The minimum absolute atomic E-state index is 0.0338. The predicted molar refractivity (Wildman–Crippen MR) is 122 cm³/mol. The zero-order valence-electron chi connectivity index (χ0n) is 18.6. The molecule has 2 amide bonds. The van der Waals surface area contributed by atoms with E-state index in [2.05, 4.69) is 36.5 Å². The standard InChI is InChI=1S/C22H25BrN6O4/c1-22(2,3)33-21(31)29-12-16(10-17(29)13-28-8-7-25-27-28)26-19(30)20-24-11-18(32-20)14-5-4-6-15(23)9-14/h4-9,11,16-17H,10,12-13H2,1-3H3,(H,26,30)/t16-,17+/m1/s1. The lowest BCUT2D eigenvalue weighted by molar-refractivity contribution is 0.0207. The van der Waals surface area contributed by atoms with E-state index < -0.39 is 17.6 Å². The van der Waals surface area contributed by atoms with Gasteiger partial charge in [-0.15, -0.1) is 5.10 Å². The maximum atomic E-state index is 12.8. The highest BCUT2D eigenvalue weighted by atomic mass is 79.9. The van der Waals surface area contributed by atoms with Gasteiger partial charge in [0.15, 0.2) is 5.76 Å². The fourth-order valence-electron chi connectivity index (χ4n) is 3.69. The first kappa shape index (κ1) is 23.0. The van der Waals surface area contributed by atoms with Crippen LogP contribution in [0.25, 0.3) is 11.3 Å². The molecule has 11 heteroatoms. The number of hydrogen-bond acceptors (Lipinski definition) is 7. The second-order valence-electron chi connectivity index (χ2n) is 8.86. The van der Waals surface area contributed by atoms with Gasteiger partial charge >= 0.3 is 12.0 Å². The minimum atomic E-state index is -0.628. The van der Waals surface area contributed by atoms with Crippen LogP contribution in [-0.4, -0.2) is 61.1 Å². The van der Waals surface area contributed by atoms with Crippen molar-refractivity contribution in [2.45, 2.75) is 51.4 Å². The van der Waals surface area contributed by atoms with Gasteiger partial charge in [0.1, 0.15) is 5.60 Å². The van der Waals surface area contributed by atoms with Crippen molar-refractivity contribution in [3.63, 3.8) is 0 Å². The van der Waals surface area contributed by atoms with Crippen molar-refractivity contribution in [2.24, 2.45) is 0 Å². The Hall–Kier alpha value is -3.21. The highest BCUT2D eigenvalue weighted by Gasteiger charge is 2.39. The molecular weight excluding hydrogens is 492 g/mol. The van der Waals surface area contributed by atoms with Gasteiger partial charge in [-0.3, -0.25) is 9.48 Å². The molecule has 1 aromatic carbocycles. The molecule has 10 nitrogen and oxygen atoms in total. The Bertz CT molecular complexity index is 1120. The molecule has 2 aromatic heterocycles. The number of rotatable bonds is 5. The van der Waals surface area contributed by atoms with Crippen molar-refractivity contribution in [2.75, 3.05) is 6.54 Å². The summed E-state index contributed by atoms with van der Waals surface area (Å²) < 4.78 is 13.8. The third kappa shape index (κ3) is 5.78. The van der Waals surface area contributed by atoms with Crippen LogP contribution in [0, 0.1) is 0 Å². The normalized spacial score (nSPS) is 18.4.